The molecule has 12 heteroatoms. The van der Waals surface area contributed by atoms with E-state index in [0.29, 0.717) is 47.1 Å². The highest BCUT2D eigenvalue weighted by Crippen LogP contribution is 2.30. The lowest BCUT2D eigenvalue weighted by Crippen LogP contribution is -2.53. The molecule has 0 aliphatic carbocycles. The van der Waals surface area contributed by atoms with Crippen molar-refractivity contribution in [2.24, 2.45) is 0 Å². The molecule has 7 rings (SSSR count). The molecule has 3 N–H and O–H groups in total. The minimum absolute atomic E-state index is 0.201. The summed E-state index contributed by atoms with van der Waals surface area (Å²) in [5.41, 5.74) is 4.42. The summed E-state index contributed by atoms with van der Waals surface area (Å²) in [4.78, 5) is 51.9. The van der Waals surface area contributed by atoms with Crippen molar-refractivity contribution in [3.8, 4) is 22.9 Å². The summed E-state index contributed by atoms with van der Waals surface area (Å²) in [6, 6.07) is 20.2. The van der Waals surface area contributed by atoms with E-state index < -0.39 is 0 Å². The van der Waals surface area contributed by atoms with Gasteiger partial charge < -0.3 is 24.7 Å². The number of H-pyrrole nitrogens is 1. The smallest absolute Gasteiger partial charge is 0.262 e. The van der Waals surface area contributed by atoms with Gasteiger partial charge in [0.15, 0.2) is 0 Å². The number of nitrogens with zero attached hydrogens (tertiary/aromatic N) is 4. The van der Waals surface area contributed by atoms with Gasteiger partial charge in [0.25, 0.3) is 5.56 Å². The SMILES string of the molecule is COc1cc(OC)c2c(=O)[nH]c(-c3ccc(N4CCC(N5CCN(Cc6cccc(NC7CCC(=O)NC7=O)c6)CC5)CC4)cc3)nc2c1. The Kier molecular flexibility index (Phi) is 9.49. The van der Waals surface area contributed by atoms with Crippen LogP contribution in [0.2, 0.25) is 0 Å². The van der Waals surface area contributed by atoms with Crippen LogP contribution in [-0.4, -0.2) is 97.2 Å². The summed E-state index contributed by atoms with van der Waals surface area (Å²) in [6.07, 6.45) is 3.13. The number of benzene rings is 3. The van der Waals surface area contributed by atoms with Crippen molar-refractivity contribution >= 4 is 34.1 Å². The topological polar surface area (TPSA) is 132 Å². The fourth-order valence-electron chi connectivity index (χ4n) is 7.28. The zero-order valence-electron chi connectivity index (χ0n) is 28.0. The Bertz CT molecular complexity index is 1880. The largest absolute Gasteiger partial charge is 0.497 e. The molecule has 3 saturated heterocycles. The molecule has 0 saturated carbocycles. The molecule has 3 aliphatic rings. The summed E-state index contributed by atoms with van der Waals surface area (Å²) in [6.45, 7) is 7.04. The van der Waals surface area contributed by atoms with E-state index in [0.717, 1.165) is 69.9 Å². The van der Waals surface area contributed by atoms with Crippen LogP contribution in [0.15, 0.2) is 65.5 Å². The van der Waals surface area contributed by atoms with Crippen molar-refractivity contribution < 1.29 is 19.1 Å². The van der Waals surface area contributed by atoms with Crippen molar-refractivity contribution in [2.75, 3.05) is 63.7 Å². The van der Waals surface area contributed by atoms with E-state index in [4.69, 9.17) is 14.5 Å². The van der Waals surface area contributed by atoms with E-state index in [9.17, 15) is 14.4 Å². The Labute approximate surface area is 285 Å². The number of carbonyl (C=O) groups is 2. The third-order valence-corrected chi connectivity index (χ3v) is 10.0. The number of methoxy groups -OCH3 is 2. The fraction of sp³-hybridized carbons (Fsp3) is 0.405. The normalized spacial score (nSPS) is 19.6. The summed E-state index contributed by atoms with van der Waals surface area (Å²) in [7, 11) is 3.10. The Morgan fingerprint density at radius 3 is 2.37 bits per heavy atom. The highest BCUT2D eigenvalue weighted by molar-refractivity contribution is 6.01. The molecular formula is C37H43N7O5. The van der Waals surface area contributed by atoms with Crippen LogP contribution in [0.5, 0.6) is 11.5 Å². The number of carbonyl (C=O) groups excluding carboxylic acids is 2. The van der Waals surface area contributed by atoms with Gasteiger partial charge >= 0.3 is 0 Å². The van der Waals surface area contributed by atoms with Crippen LogP contribution in [0.1, 0.15) is 31.2 Å². The molecule has 1 aromatic heterocycles. The number of aromatic amines is 1. The second-order valence-electron chi connectivity index (χ2n) is 13.1. The standard InChI is InChI=1S/C37H43N7O5/c1-48-29-21-31-34(32(22-29)49-2)37(47)41-35(39-31)25-6-8-27(9-7-25)43-14-12-28(13-15-43)44-18-16-42(17-19-44)23-24-4-3-5-26(20-24)38-30-10-11-33(45)40-36(30)46/h3-9,20-22,28,30,38H,10-19,23H2,1-2H3,(H,39,41,47)(H,40,45,46). The molecule has 0 bridgehead atoms. The molecule has 2 amide bonds. The van der Waals surface area contributed by atoms with Crippen molar-refractivity contribution in [2.45, 2.75) is 44.3 Å². The molecule has 0 spiro atoms. The Morgan fingerprint density at radius 2 is 1.65 bits per heavy atom. The highest BCUT2D eigenvalue weighted by atomic mass is 16.5. The van der Waals surface area contributed by atoms with Gasteiger partial charge in [-0.2, -0.15) is 0 Å². The fourth-order valence-corrected chi connectivity index (χ4v) is 7.28. The summed E-state index contributed by atoms with van der Waals surface area (Å²) < 4.78 is 10.8. The zero-order chi connectivity index (χ0) is 33.9. The van der Waals surface area contributed by atoms with Crippen LogP contribution in [0, 0.1) is 0 Å². The van der Waals surface area contributed by atoms with E-state index in [1.54, 1.807) is 19.2 Å². The zero-order valence-corrected chi connectivity index (χ0v) is 28.0. The number of piperazine rings is 1. The van der Waals surface area contributed by atoms with Crippen LogP contribution in [0.25, 0.3) is 22.3 Å². The summed E-state index contributed by atoms with van der Waals surface area (Å²) >= 11 is 0. The summed E-state index contributed by atoms with van der Waals surface area (Å²) in [5, 5.41) is 6.12. The van der Waals surface area contributed by atoms with E-state index in [1.807, 2.05) is 24.3 Å². The number of amides is 2. The monoisotopic (exact) mass is 665 g/mol. The third kappa shape index (κ3) is 7.25. The maximum absolute atomic E-state index is 13.0. The van der Waals surface area contributed by atoms with Gasteiger partial charge in [0, 0.05) is 87.3 Å². The number of hydrogen-bond donors (Lipinski definition) is 3. The van der Waals surface area contributed by atoms with Crippen LogP contribution in [-0.2, 0) is 16.1 Å². The second kappa shape index (κ2) is 14.3. The van der Waals surface area contributed by atoms with Gasteiger partial charge in [-0.3, -0.25) is 29.5 Å². The minimum Gasteiger partial charge on any atom is -0.497 e. The highest BCUT2D eigenvalue weighted by Gasteiger charge is 2.29. The van der Waals surface area contributed by atoms with Crippen LogP contribution < -0.4 is 30.6 Å². The van der Waals surface area contributed by atoms with Crippen LogP contribution >= 0.6 is 0 Å². The number of nitrogens with one attached hydrogen (secondary N) is 3. The predicted octanol–water partition coefficient (Wildman–Crippen LogP) is 3.61. The first-order valence-electron chi connectivity index (χ1n) is 17.0. The second-order valence-corrected chi connectivity index (χ2v) is 13.1. The first-order chi connectivity index (χ1) is 23.9. The van der Waals surface area contributed by atoms with Crippen LogP contribution in [0.3, 0.4) is 0 Å². The number of anilines is 2. The van der Waals surface area contributed by atoms with Gasteiger partial charge in [-0.15, -0.1) is 0 Å². The Hall–Kier alpha value is -4.94. The number of aromatic nitrogens is 2. The van der Waals surface area contributed by atoms with Crippen molar-refractivity contribution in [1.29, 1.82) is 0 Å². The van der Waals surface area contributed by atoms with E-state index >= 15 is 0 Å². The van der Waals surface area contributed by atoms with Gasteiger partial charge in [0.2, 0.25) is 11.8 Å². The van der Waals surface area contributed by atoms with Gasteiger partial charge in [0.1, 0.15) is 28.8 Å². The molecule has 4 heterocycles. The molecule has 12 nitrogen and oxygen atoms in total. The van der Waals surface area contributed by atoms with Gasteiger partial charge in [-0.05, 0) is 61.2 Å². The lowest BCUT2D eigenvalue weighted by Gasteiger charge is -2.43. The molecule has 1 atom stereocenters. The van der Waals surface area contributed by atoms with Gasteiger partial charge in [-0.25, -0.2) is 4.98 Å². The average Bonchev–Trinajstić information content (AvgIpc) is 3.13. The Balaban J connectivity index is 0.901. The van der Waals surface area contributed by atoms with Crippen molar-refractivity contribution in [3.05, 3.63) is 76.6 Å². The number of ether oxygens (including phenoxy) is 2. The number of hydrogen-bond acceptors (Lipinski definition) is 10. The first-order valence-corrected chi connectivity index (χ1v) is 17.0. The van der Waals surface area contributed by atoms with E-state index in [1.165, 1.54) is 18.4 Å². The summed E-state index contributed by atoms with van der Waals surface area (Å²) in [5.74, 6) is 1.07. The average molecular weight is 666 g/mol. The first kappa shape index (κ1) is 32.6. The minimum atomic E-state index is -0.377. The van der Waals surface area contributed by atoms with E-state index in [2.05, 4.69) is 54.6 Å². The third-order valence-electron chi connectivity index (χ3n) is 10.0. The maximum atomic E-state index is 13.0. The molecule has 3 aromatic carbocycles. The molecule has 3 aliphatic heterocycles. The van der Waals surface area contributed by atoms with Gasteiger partial charge in [-0.1, -0.05) is 12.1 Å². The van der Waals surface area contributed by atoms with Crippen LogP contribution in [0.4, 0.5) is 11.4 Å². The quantitative estimate of drug-likeness (QED) is 0.228. The molecule has 256 valence electrons. The van der Waals surface area contributed by atoms with Crippen molar-refractivity contribution in [1.82, 2.24) is 25.1 Å². The molecule has 0 radical (unpaired) electrons. The number of imide groups is 1. The lowest BCUT2D eigenvalue weighted by molar-refractivity contribution is -0.133. The molecule has 4 aromatic rings. The number of piperidine rings is 2. The maximum Gasteiger partial charge on any atom is 0.262 e. The van der Waals surface area contributed by atoms with E-state index in [-0.39, 0.29) is 23.4 Å². The molecular weight excluding hydrogens is 622 g/mol. The lowest BCUT2D eigenvalue weighted by atomic mass is 10.0. The molecule has 1 unspecified atom stereocenters. The molecule has 49 heavy (non-hydrogen) atoms. The Morgan fingerprint density at radius 1 is 0.878 bits per heavy atom. The number of fused-ring (bicyclic) bond motifs is 1. The van der Waals surface area contributed by atoms with Gasteiger partial charge in [0.05, 0.1) is 19.7 Å². The molecule has 3 fully saturated rings. The number of rotatable bonds is 9. The predicted molar refractivity (Wildman–Crippen MR) is 189 cm³/mol. The van der Waals surface area contributed by atoms with Crippen molar-refractivity contribution in [3.63, 3.8) is 0 Å².